The zero-order chi connectivity index (χ0) is 19.2. The highest BCUT2D eigenvalue weighted by atomic mass is 16.2. The number of fused-ring (bicyclic) bond motifs is 1. The molecule has 4 nitrogen and oxygen atoms in total. The molecule has 0 unspecified atom stereocenters. The van der Waals surface area contributed by atoms with Crippen molar-refractivity contribution in [2.24, 2.45) is 0 Å². The summed E-state index contributed by atoms with van der Waals surface area (Å²) in [6.07, 6.45) is 20.5. The second-order valence-corrected chi connectivity index (χ2v) is 7.38. The Bertz CT molecular complexity index is 690. The van der Waals surface area contributed by atoms with Crippen LogP contribution in [0.2, 0.25) is 0 Å². The molecule has 0 spiro atoms. The van der Waals surface area contributed by atoms with Gasteiger partial charge in [-0.25, -0.2) is 0 Å². The lowest BCUT2D eigenvalue weighted by Gasteiger charge is -2.01. The van der Waals surface area contributed by atoms with Crippen LogP contribution in [0.5, 0.6) is 0 Å². The molecule has 0 saturated heterocycles. The van der Waals surface area contributed by atoms with Crippen molar-refractivity contribution in [1.82, 2.24) is 15.0 Å². The van der Waals surface area contributed by atoms with Crippen molar-refractivity contribution >= 4 is 16.9 Å². The number of nitrogens with zero attached hydrogens (tertiary/aromatic N) is 3. The van der Waals surface area contributed by atoms with Gasteiger partial charge in [-0.15, -0.1) is 5.10 Å². The molecule has 2 rings (SSSR count). The van der Waals surface area contributed by atoms with Gasteiger partial charge in [0.1, 0.15) is 5.52 Å². The SMILES string of the molecule is CCCCCCCCCCCCC/C=C/CC(=O)n1nnc2ccccc21. The molecule has 0 radical (unpaired) electrons. The first-order valence-corrected chi connectivity index (χ1v) is 10.8. The molecule has 0 aliphatic heterocycles. The van der Waals surface area contributed by atoms with Gasteiger partial charge < -0.3 is 0 Å². The number of benzene rings is 1. The monoisotopic (exact) mass is 369 g/mol. The van der Waals surface area contributed by atoms with Crippen LogP contribution in [-0.4, -0.2) is 20.9 Å². The first kappa shape index (κ1) is 21.3. The molecule has 0 saturated carbocycles. The van der Waals surface area contributed by atoms with Crippen LogP contribution in [0, 0.1) is 0 Å². The van der Waals surface area contributed by atoms with Crippen LogP contribution >= 0.6 is 0 Å². The Kier molecular flexibility index (Phi) is 10.5. The Labute approximate surface area is 164 Å². The van der Waals surface area contributed by atoms with Crippen LogP contribution in [0.15, 0.2) is 36.4 Å². The summed E-state index contributed by atoms with van der Waals surface area (Å²) in [5, 5.41) is 7.99. The molecule has 1 aromatic carbocycles. The van der Waals surface area contributed by atoms with Gasteiger partial charge in [0.05, 0.1) is 5.52 Å². The summed E-state index contributed by atoms with van der Waals surface area (Å²) in [7, 11) is 0. The molecule has 0 fully saturated rings. The Morgan fingerprint density at radius 3 is 2.22 bits per heavy atom. The van der Waals surface area contributed by atoms with Crippen molar-refractivity contribution in [2.75, 3.05) is 0 Å². The fourth-order valence-corrected chi connectivity index (χ4v) is 3.37. The van der Waals surface area contributed by atoms with Gasteiger partial charge in [-0.1, -0.05) is 101 Å². The van der Waals surface area contributed by atoms with E-state index in [0.29, 0.717) is 6.42 Å². The van der Waals surface area contributed by atoms with E-state index in [1.54, 1.807) is 0 Å². The molecule has 0 aliphatic carbocycles. The van der Waals surface area contributed by atoms with Gasteiger partial charge in [0, 0.05) is 6.42 Å². The van der Waals surface area contributed by atoms with Crippen LogP contribution in [0.1, 0.15) is 95.2 Å². The van der Waals surface area contributed by atoms with Crippen LogP contribution in [0.25, 0.3) is 11.0 Å². The largest absolute Gasteiger partial charge is 0.272 e. The third-order valence-electron chi connectivity index (χ3n) is 5.02. The summed E-state index contributed by atoms with van der Waals surface area (Å²) in [5.74, 6) is -0.0288. The normalized spacial score (nSPS) is 11.6. The Hall–Kier alpha value is -1.97. The second-order valence-electron chi connectivity index (χ2n) is 7.38. The van der Waals surface area contributed by atoms with E-state index < -0.39 is 0 Å². The zero-order valence-electron chi connectivity index (χ0n) is 16.9. The third-order valence-corrected chi connectivity index (χ3v) is 5.02. The van der Waals surface area contributed by atoms with E-state index >= 15 is 0 Å². The molecule has 0 amide bonds. The zero-order valence-corrected chi connectivity index (χ0v) is 16.9. The van der Waals surface area contributed by atoms with Gasteiger partial charge in [-0.2, -0.15) is 4.68 Å². The molecule has 1 heterocycles. The summed E-state index contributed by atoms with van der Waals surface area (Å²) >= 11 is 0. The smallest absolute Gasteiger partial charge is 0.252 e. The fraction of sp³-hybridized carbons (Fsp3) is 0.609. The van der Waals surface area contributed by atoms with E-state index in [-0.39, 0.29) is 5.91 Å². The van der Waals surface area contributed by atoms with Crippen LogP contribution < -0.4 is 0 Å². The van der Waals surface area contributed by atoms with Crippen molar-refractivity contribution in [3.05, 3.63) is 36.4 Å². The Morgan fingerprint density at radius 1 is 0.889 bits per heavy atom. The average Bonchev–Trinajstić information content (AvgIpc) is 3.12. The summed E-state index contributed by atoms with van der Waals surface area (Å²) in [4.78, 5) is 12.2. The van der Waals surface area contributed by atoms with Crippen LogP contribution in [0.3, 0.4) is 0 Å². The number of carbonyl (C=O) groups excluding carboxylic acids is 1. The van der Waals surface area contributed by atoms with Crippen LogP contribution in [0.4, 0.5) is 0 Å². The molecule has 148 valence electrons. The maximum atomic E-state index is 12.2. The summed E-state index contributed by atoms with van der Waals surface area (Å²) < 4.78 is 1.40. The number of hydrogen-bond donors (Lipinski definition) is 0. The molecule has 2 aromatic rings. The molecule has 0 bridgehead atoms. The van der Waals surface area contributed by atoms with E-state index in [4.69, 9.17) is 0 Å². The van der Waals surface area contributed by atoms with Crippen molar-refractivity contribution in [1.29, 1.82) is 0 Å². The van der Waals surface area contributed by atoms with E-state index in [1.165, 1.54) is 75.3 Å². The van der Waals surface area contributed by atoms with E-state index in [9.17, 15) is 4.79 Å². The quantitative estimate of drug-likeness (QED) is 0.274. The van der Waals surface area contributed by atoms with Crippen molar-refractivity contribution in [3.8, 4) is 0 Å². The summed E-state index contributed by atoms with van der Waals surface area (Å²) in [6, 6.07) is 7.55. The van der Waals surface area contributed by atoms with E-state index in [2.05, 4.69) is 23.3 Å². The first-order valence-electron chi connectivity index (χ1n) is 10.8. The molecular weight excluding hydrogens is 334 g/mol. The van der Waals surface area contributed by atoms with Gasteiger partial charge in [-0.05, 0) is 25.0 Å². The van der Waals surface area contributed by atoms with Gasteiger partial charge in [-0.3, -0.25) is 4.79 Å². The Morgan fingerprint density at radius 2 is 1.52 bits per heavy atom. The van der Waals surface area contributed by atoms with Gasteiger partial charge >= 0.3 is 0 Å². The highest BCUT2D eigenvalue weighted by molar-refractivity contribution is 5.89. The molecule has 27 heavy (non-hydrogen) atoms. The summed E-state index contributed by atoms with van der Waals surface area (Å²) in [6.45, 7) is 2.27. The lowest BCUT2D eigenvalue weighted by Crippen LogP contribution is -2.10. The van der Waals surface area contributed by atoms with Crippen molar-refractivity contribution in [2.45, 2.75) is 90.4 Å². The lowest BCUT2D eigenvalue weighted by molar-refractivity contribution is 0.0904. The molecular formula is C23H35N3O. The third kappa shape index (κ3) is 8.06. The molecule has 0 aliphatic rings. The minimum atomic E-state index is -0.0288. The van der Waals surface area contributed by atoms with Crippen molar-refractivity contribution in [3.63, 3.8) is 0 Å². The van der Waals surface area contributed by atoms with Gasteiger partial charge in [0.2, 0.25) is 0 Å². The summed E-state index contributed by atoms with van der Waals surface area (Å²) in [5.41, 5.74) is 1.54. The maximum absolute atomic E-state index is 12.2. The molecule has 4 heteroatoms. The number of para-hydroxylation sites is 1. The van der Waals surface area contributed by atoms with E-state index in [0.717, 1.165) is 17.5 Å². The van der Waals surface area contributed by atoms with Gasteiger partial charge in [0.25, 0.3) is 5.91 Å². The predicted molar refractivity (Wildman–Crippen MR) is 113 cm³/mol. The topological polar surface area (TPSA) is 47.8 Å². The highest BCUT2D eigenvalue weighted by Gasteiger charge is 2.09. The van der Waals surface area contributed by atoms with Crippen molar-refractivity contribution < 1.29 is 4.79 Å². The standard InChI is InChI=1S/C23H35N3O/c1-2-3-4-5-6-7-8-9-10-11-12-13-14-15-20-23(27)26-22-19-17-16-18-21(22)24-25-26/h14-19H,2-13,20H2,1H3/b15-14+. The second kappa shape index (κ2) is 13.2. The molecule has 1 aromatic heterocycles. The first-order chi connectivity index (χ1) is 13.3. The maximum Gasteiger partial charge on any atom is 0.252 e. The highest BCUT2D eigenvalue weighted by Crippen LogP contribution is 2.13. The van der Waals surface area contributed by atoms with Crippen LogP contribution in [-0.2, 0) is 0 Å². The number of aromatic nitrogens is 3. The lowest BCUT2D eigenvalue weighted by atomic mass is 10.1. The number of carbonyl (C=O) groups is 1. The minimum absolute atomic E-state index is 0.0288. The number of unbranched alkanes of at least 4 members (excludes halogenated alkanes) is 11. The van der Waals surface area contributed by atoms with Gasteiger partial charge in [0.15, 0.2) is 0 Å². The molecule has 0 atom stereocenters. The predicted octanol–water partition coefficient (Wildman–Crippen LogP) is 6.72. The number of rotatable bonds is 14. The Balaban J connectivity index is 1.48. The minimum Gasteiger partial charge on any atom is -0.272 e. The average molecular weight is 370 g/mol. The number of allylic oxidation sites excluding steroid dienone is 2. The van der Waals surface area contributed by atoms with E-state index in [1.807, 2.05) is 30.3 Å². The fourth-order valence-electron chi connectivity index (χ4n) is 3.37. The molecule has 0 N–H and O–H groups in total. The number of hydrogen-bond acceptors (Lipinski definition) is 3.